The number of para-hydroxylation sites is 1. The van der Waals surface area contributed by atoms with Crippen LogP contribution in [0.5, 0.6) is 5.75 Å². The Morgan fingerprint density at radius 2 is 1.83 bits per heavy atom. The van der Waals surface area contributed by atoms with E-state index < -0.39 is 58.5 Å². The number of hydrogen-bond acceptors (Lipinski definition) is 4. The van der Waals surface area contributed by atoms with Crippen molar-refractivity contribution in [2.75, 3.05) is 37.4 Å². The van der Waals surface area contributed by atoms with E-state index in [0.29, 0.717) is 13.0 Å². The van der Waals surface area contributed by atoms with Crippen LogP contribution in [0.15, 0.2) is 30.3 Å². The van der Waals surface area contributed by atoms with Gasteiger partial charge in [-0.15, -0.1) is 0 Å². The van der Waals surface area contributed by atoms with Gasteiger partial charge in [-0.1, -0.05) is 17.7 Å². The number of halogens is 6. The van der Waals surface area contributed by atoms with Gasteiger partial charge in [-0.25, -0.2) is 13.6 Å². The first-order valence-electron chi connectivity index (χ1n) is 10.3. The predicted octanol–water partition coefficient (Wildman–Crippen LogP) is 5.70. The Morgan fingerprint density at radius 1 is 1.14 bits per heavy atom. The van der Waals surface area contributed by atoms with Crippen molar-refractivity contribution in [2.45, 2.75) is 26.1 Å². The van der Waals surface area contributed by atoms with E-state index in [2.05, 4.69) is 10.6 Å². The number of ether oxygens (including phenoxy) is 2. The van der Waals surface area contributed by atoms with E-state index in [1.54, 1.807) is 6.92 Å². The first-order chi connectivity index (χ1) is 16.4. The predicted molar refractivity (Wildman–Crippen MR) is 120 cm³/mol. The third kappa shape index (κ3) is 7.43. The summed E-state index contributed by atoms with van der Waals surface area (Å²) in [6, 6.07) is 4.10. The molecule has 0 saturated carbocycles. The highest BCUT2D eigenvalue weighted by Gasteiger charge is 2.39. The summed E-state index contributed by atoms with van der Waals surface area (Å²) in [5.41, 5.74) is -1.66. The maximum atomic E-state index is 14.8. The summed E-state index contributed by atoms with van der Waals surface area (Å²) in [6.07, 6.45) is -7.21. The largest absolute Gasteiger partial charge is 0.480 e. The van der Waals surface area contributed by atoms with E-state index in [1.807, 2.05) is 0 Å². The first-order valence-corrected chi connectivity index (χ1v) is 10.6. The monoisotopic (exact) mass is 523 g/mol. The minimum atomic E-state index is -4.82. The molecule has 35 heavy (non-hydrogen) atoms. The highest BCUT2D eigenvalue weighted by atomic mass is 35.5. The number of nitrogens with zero attached hydrogens (tertiary/aromatic N) is 1. The Kier molecular flexibility index (Phi) is 9.66. The molecule has 192 valence electrons. The number of carbonyl (C=O) groups excluding carboxylic acids is 2. The minimum absolute atomic E-state index is 0.165. The van der Waals surface area contributed by atoms with Crippen molar-refractivity contribution in [3.8, 4) is 5.75 Å². The van der Waals surface area contributed by atoms with Gasteiger partial charge in [0.1, 0.15) is 17.4 Å². The van der Waals surface area contributed by atoms with Crippen LogP contribution in [-0.4, -0.2) is 55.9 Å². The molecule has 2 rings (SSSR count). The molecule has 0 radical (unpaired) electrons. The number of carbonyl (C=O) groups is 2. The molecule has 7 nitrogen and oxygen atoms in total. The quantitative estimate of drug-likeness (QED) is 0.413. The molecule has 2 aromatic carbocycles. The zero-order chi connectivity index (χ0) is 26.3. The van der Waals surface area contributed by atoms with Crippen molar-refractivity contribution in [3.05, 3.63) is 52.6 Å². The molecule has 0 aliphatic carbocycles. The number of methoxy groups -OCH3 is 1. The molecule has 0 spiro atoms. The number of anilines is 2. The van der Waals surface area contributed by atoms with Gasteiger partial charge in [-0.3, -0.25) is 4.79 Å². The molecular formula is C22H23ClF5N3O4. The van der Waals surface area contributed by atoms with E-state index >= 15 is 0 Å². The molecule has 0 unspecified atom stereocenters. The summed E-state index contributed by atoms with van der Waals surface area (Å²) >= 11 is 5.87. The normalized spacial score (nSPS) is 12.1. The van der Waals surface area contributed by atoms with Gasteiger partial charge in [0, 0.05) is 26.3 Å². The van der Waals surface area contributed by atoms with E-state index in [9.17, 15) is 31.5 Å². The standard InChI is InChI=1S/C22H23ClF5N3O4/c1-4-31(8-9-34-3)21(33)29-17-11-18(35-12(2)22(26,27)28)13(10-16(17)25)20(32)30-19-14(23)6-5-7-15(19)24/h5-7,10-12H,4,8-9H2,1-3H3,(H,29,33)(H,30,32)/t12-/m0/s1. The lowest BCUT2D eigenvalue weighted by molar-refractivity contribution is -0.189. The fraction of sp³-hybridized carbons (Fsp3) is 0.364. The number of likely N-dealkylation sites (N-methyl/N-ethyl adjacent to an activating group) is 1. The van der Waals surface area contributed by atoms with E-state index in [0.717, 1.165) is 12.1 Å². The number of benzene rings is 2. The summed E-state index contributed by atoms with van der Waals surface area (Å²) in [7, 11) is 1.43. The summed E-state index contributed by atoms with van der Waals surface area (Å²) in [4.78, 5) is 26.5. The molecule has 1 atom stereocenters. The minimum Gasteiger partial charge on any atom is -0.480 e. The number of alkyl halides is 3. The van der Waals surface area contributed by atoms with Crippen LogP contribution in [0.2, 0.25) is 5.02 Å². The van der Waals surface area contributed by atoms with E-state index in [1.165, 1.54) is 24.1 Å². The molecule has 0 saturated heterocycles. The van der Waals surface area contributed by atoms with Gasteiger partial charge < -0.3 is 25.0 Å². The molecule has 2 aromatic rings. The second-order valence-corrected chi connectivity index (χ2v) is 7.59. The number of hydrogen-bond donors (Lipinski definition) is 2. The van der Waals surface area contributed by atoms with Gasteiger partial charge in [0.05, 0.1) is 28.6 Å². The van der Waals surface area contributed by atoms with Gasteiger partial charge in [0.2, 0.25) is 0 Å². The lowest BCUT2D eigenvalue weighted by Crippen LogP contribution is -2.37. The fourth-order valence-electron chi connectivity index (χ4n) is 2.78. The molecule has 3 amide bonds. The molecule has 0 fully saturated rings. The van der Waals surface area contributed by atoms with Crippen LogP contribution >= 0.6 is 11.6 Å². The van der Waals surface area contributed by atoms with Crippen LogP contribution in [0.4, 0.5) is 38.1 Å². The third-order valence-electron chi connectivity index (χ3n) is 4.76. The molecule has 0 heterocycles. The number of urea groups is 1. The lowest BCUT2D eigenvalue weighted by Gasteiger charge is -2.23. The number of nitrogens with one attached hydrogen (secondary N) is 2. The van der Waals surface area contributed by atoms with Crippen molar-refractivity contribution in [3.63, 3.8) is 0 Å². The van der Waals surface area contributed by atoms with Gasteiger partial charge in [0.25, 0.3) is 5.91 Å². The highest BCUT2D eigenvalue weighted by Crippen LogP contribution is 2.33. The molecule has 0 aliphatic heterocycles. The van der Waals surface area contributed by atoms with Crippen LogP contribution < -0.4 is 15.4 Å². The highest BCUT2D eigenvalue weighted by molar-refractivity contribution is 6.34. The van der Waals surface area contributed by atoms with Crippen LogP contribution in [0.3, 0.4) is 0 Å². The van der Waals surface area contributed by atoms with Crippen molar-refractivity contribution in [1.82, 2.24) is 4.90 Å². The van der Waals surface area contributed by atoms with Gasteiger partial charge in [-0.05, 0) is 32.0 Å². The second-order valence-electron chi connectivity index (χ2n) is 7.18. The maximum absolute atomic E-state index is 14.8. The first kappa shape index (κ1) is 28.1. The SMILES string of the molecule is CCN(CCOC)C(=O)Nc1cc(O[C@@H](C)C(F)(F)F)c(C(=O)Nc2c(F)cccc2Cl)cc1F. The zero-order valence-corrected chi connectivity index (χ0v) is 19.7. The van der Waals surface area contributed by atoms with E-state index in [4.69, 9.17) is 21.1 Å². The average molecular weight is 524 g/mol. The molecule has 2 N–H and O–H groups in total. The van der Waals surface area contributed by atoms with Crippen molar-refractivity contribution in [1.29, 1.82) is 0 Å². The molecular weight excluding hydrogens is 501 g/mol. The zero-order valence-electron chi connectivity index (χ0n) is 18.9. The maximum Gasteiger partial charge on any atom is 0.425 e. The number of amides is 3. The van der Waals surface area contributed by atoms with Crippen LogP contribution in [0.1, 0.15) is 24.2 Å². The van der Waals surface area contributed by atoms with Crippen LogP contribution in [-0.2, 0) is 4.74 Å². The smallest absolute Gasteiger partial charge is 0.425 e. The Bertz CT molecular complexity index is 1050. The van der Waals surface area contributed by atoms with Crippen LogP contribution in [0, 0.1) is 11.6 Å². The van der Waals surface area contributed by atoms with Crippen molar-refractivity contribution >= 4 is 34.9 Å². The Morgan fingerprint density at radius 3 is 2.40 bits per heavy atom. The Labute approximate surface area is 203 Å². The Balaban J connectivity index is 2.45. The third-order valence-corrected chi connectivity index (χ3v) is 5.07. The van der Waals surface area contributed by atoms with Gasteiger partial charge in [-0.2, -0.15) is 13.2 Å². The summed E-state index contributed by atoms with van der Waals surface area (Å²) in [5, 5.41) is 4.15. The summed E-state index contributed by atoms with van der Waals surface area (Å²) in [6.45, 7) is 2.93. The molecule has 0 aromatic heterocycles. The fourth-order valence-corrected chi connectivity index (χ4v) is 2.99. The lowest BCUT2D eigenvalue weighted by atomic mass is 10.1. The van der Waals surface area contributed by atoms with Gasteiger partial charge in [0.15, 0.2) is 6.10 Å². The summed E-state index contributed by atoms with van der Waals surface area (Å²) in [5.74, 6) is -3.94. The van der Waals surface area contributed by atoms with E-state index in [-0.39, 0.29) is 24.7 Å². The molecule has 0 aliphatic rings. The topological polar surface area (TPSA) is 79.9 Å². The van der Waals surface area contributed by atoms with Crippen molar-refractivity contribution in [2.24, 2.45) is 0 Å². The summed E-state index contributed by atoms with van der Waals surface area (Å²) < 4.78 is 78.1. The second kappa shape index (κ2) is 12.0. The van der Waals surface area contributed by atoms with Crippen LogP contribution in [0.25, 0.3) is 0 Å². The molecule has 13 heteroatoms. The van der Waals surface area contributed by atoms with Crippen molar-refractivity contribution < 1.29 is 41.0 Å². The average Bonchev–Trinajstić information content (AvgIpc) is 2.78. The number of rotatable bonds is 9. The van der Waals surface area contributed by atoms with Gasteiger partial charge >= 0.3 is 12.2 Å². The Hall–Kier alpha value is -3.12. The molecule has 0 bridgehead atoms.